The molecule has 3 fully saturated rings. The van der Waals surface area contributed by atoms with Gasteiger partial charge in [0, 0.05) is 5.92 Å². The largest absolute Gasteiger partial charge is 0.387 e. The summed E-state index contributed by atoms with van der Waals surface area (Å²) in [7, 11) is 0. The van der Waals surface area contributed by atoms with Crippen LogP contribution in [0.2, 0.25) is 0 Å². The van der Waals surface area contributed by atoms with Crippen LogP contribution in [-0.4, -0.2) is 11.9 Å². The molecule has 2 N–H and O–H groups in total. The fraction of sp³-hybridized carbons (Fsp3) is 0.941. The Morgan fingerprint density at radius 3 is 2.32 bits per heavy atom. The SMILES string of the molecule is CC12CCC(C1)C(C)(C)C2N=C(N)C1CCCCC1. The van der Waals surface area contributed by atoms with Crippen LogP contribution >= 0.6 is 0 Å². The standard InChI is InChI=1S/C17H30N2/c1-16(2)13-9-10-17(3,11-13)15(16)19-14(18)12-7-5-4-6-8-12/h12-13,15H,4-11H2,1-3H3,(H2,18,19). The third-order valence-electron chi connectivity index (χ3n) is 6.50. The van der Waals surface area contributed by atoms with Crippen LogP contribution < -0.4 is 5.73 Å². The summed E-state index contributed by atoms with van der Waals surface area (Å²) < 4.78 is 0. The van der Waals surface area contributed by atoms with Gasteiger partial charge in [-0.05, 0) is 48.9 Å². The van der Waals surface area contributed by atoms with Crippen molar-refractivity contribution >= 4 is 5.84 Å². The highest BCUT2D eigenvalue weighted by atomic mass is 15.0. The van der Waals surface area contributed by atoms with Crippen LogP contribution in [0.15, 0.2) is 4.99 Å². The lowest BCUT2D eigenvalue weighted by atomic mass is 9.68. The first-order valence-electron chi connectivity index (χ1n) is 8.27. The molecule has 0 heterocycles. The lowest BCUT2D eigenvalue weighted by Gasteiger charge is -2.40. The van der Waals surface area contributed by atoms with E-state index in [4.69, 9.17) is 10.7 Å². The summed E-state index contributed by atoms with van der Waals surface area (Å²) >= 11 is 0. The molecule has 2 bridgehead atoms. The molecule has 2 heteroatoms. The molecular weight excluding hydrogens is 232 g/mol. The summed E-state index contributed by atoms with van der Waals surface area (Å²) in [6, 6.07) is 0.459. The summed E-state index contributed by atoms with van der Waals surface area (Å²) in [5.41, 5.74) is 7.17. The van der Waals surface area contributed by atoms with Crippen molar-refractivity contribution in [1.82, 2.24) is 0 Å². The molecule has 0 aromatic heterocycles. The molecule has 3 aliphatic carbocycles. The molecule has 0 radical (unpaired) electrons. The van der Waals surface area contributed by atoms with Crippen molar-refractivity contribution in [1.29, 1.82) is 0 Å². The zero-order valence-electron chi connectivity index (χ0n) is 12.9. The molecule has 3 unspecified atom stereocenters. The first-order valence-corrected chi connectivity index (χ1v) is 8.27. The Morgan fingerprint density at radius 1 is 1.05 bits per heavy atom. The molecular formula is C17H30N2. The molecule has 0 amide bonds. The maximum Gasteiger partial charge on any atom is 0.0972 e. The number of nitrogens with two attached hydrogens (primary N) is 1. The van der Waals surface area contributed by atoms with Crippen molar-refractivity contribution in [3.8, 4) is 0 Å². The smallest absolute Gasteiger partial charge is 0.0972 e. The Kier molecular flexibility index (Phi) is 3.18. The molecule has 3 atom stereocenters. The van der Waals surface area contributed by atoms with E-state index in [1.165, 1.54) is 51.4 Å². The quantitative estimate of drug-likeness (QED) is 0.589. The first-order chi connectivity index (χ1) is 8.93. The molecule has 0 saturated heterocycles. The van der Waals surface area contributed by atoms with Gasteiger partial charge in [0.25, 0.3) is 0 Å². The van der Waals surface area contributed by atoms with E-state index in [1.807, 2.05) is 0 Å². The molecule has 3 saturated carbocycles. The lowest BCUT2D eigenvalue weighted by molar-refractivity contribution is 0.142. The van der Waals surface area contributed by atoms with E-state index in [9.17, 15) is 0 Å². The van der Waals surface area contributed by atoms with Crippen molar-refractivity contribution in [2.75, 3.05) is 0 Å². The maximum absolute atomic E-state index is 6.39. The van der Waals surface area contributed by atoms with Crippen LogP contribution in [0.1, 0.15) is 72.1 Å². The Labute approximate surface area is 118 Å². The number of hydrogen-bond acceptors (Lipinski definition) is 1. The van der Waals surface area contributed by atoms with Gasteiger partial charge in [-0.3, -0.25) is 4.99 Å². The van der Waals surface area contributed by atoms with Gasteiger partial charge < -0.3 is 5.73 Å². The van der Waals surface area contributed by atoms with Gasteiger partial charge >= 0.3 is 0 Å². The second-order valence-electron chi connectivity index (χ2n) is 8.21. The molecule has 3 aliphatic rings. The van der Waals surface area contributed by atoms with Crippen LogP contribution in [0.25, 0.3) is 0 Å². The van der Waals surface area contributed by atoms with Gasteiger partial charge in [-0.15, -0.1) is 0 Å². The highest BCUT2D eigenvalue weighted by molar-refractivity contribution is 5.83. The van der Waals surface area contributed by atoms with E-state index in [1.54, 1.807) is 0 Å². The summed E-state index contributed by atoms with van der Waals surface area (Å²) in [6.45, 7) is 7.29. The second-order valence-corrected chi connectivity index (χ2v) is 8.21. The van der Waals surface area contributed by atoms with E-state index in [0.29, 0.717) is 22.8 Å². The van der Waals surface area contributed by atoms with Gasteiger partial charge in [-0.25, -0.2) is 0 Å². The van der Waals surface area contributed by atoms with Crippen LogP contribution in [0.5, 0.6) is 0 Å². The average Bonchev–Trinajstić information content (AvgIpc) is 2.87. The van der Waals surface area contributed by atoms with E-state index in [2.05, 4.69) is 20.8 Å². The predicted octanol–water partition coefficient (Wildman–Crippen LogP) is 4.14. The van der Waals surface area contributed by atoms with E-state index in [0.717, 1.165) is 11.8 Å². The fourth-order valence-corrected chi connectivity index (χ4v) is 5.25. The first kappa shape index (κ1) is 13.5. The Hall–Kier alpha value is -0.530. The number of rotatable bonds is 2. The number of hydrogen-bond donors (Lipinski definition) is 1. The van der Waals surface area contributed by atoms with Gasteiger partial charge in [-0.1, -0.05) is 40.0 Å². The Morgan fingerprint density at radius 2 is 1.74 bits per heavy atom. The van der Waals surface area contributed by atoms with Gasteiger partial charge in [0.05, 0.1) is 11.9 Å². The van der Waals surface area contributed by atoms with E-state index in [-0.39, 0.29) is 0 Å². The van der Waals surface area contributed by atoms with Crippen LogP contribution in [0.4, 0.5) is 0 Å². The molecule has 19 heavy (non-hydrogen) atoms. The third kappa shape index (κ3) is 2.11. The number of amidine groups is 1. The Bertz CT molecular complexity index is 374. The minimum absolute atomic E-state index is 0.353. The number of nitrogens with zero attached hydrogens (tertiary/aromatic N) is 1. The average molecular weight is 262 g/mol. The monoisotopic (exact) mass is 262 g/mol. The Balaban J connectivity index is 1.81. The summed E-state index contributed by atoms with van der Waals surface area (Å²) in [6.07, 6.45) is 10.7. The third-order valence-corrected chi connectivity index (χ3v) is 6.50. The number of fused-ring (bicyclic) bond motifs is 2. The molecule has 0 aliphatic heterocycles. The molecule has 2 nitrogen and oxygen atoms in total. The molecule has 108 valence electrons. The van der Waals surface area contributed by atoms with Gasteiger partial charge in [0.2, 0.25) is 0 Å². The molecule has 3 rings (SSSR count). The van der Waals surface area contributed by atoms with Crippen LogP contribution in [0.3, 0.4) is 0 Å². The zero-order valence-corrected chi connectivity index (χ0v) is 12.9. The summed E-state index contributed by atoms with van der Waals surface area (Å²) in [5, 5.41) is 0. The zero-order chi connectivity index (χ0) is 13.7. The van der Waals surface area contributed by atoms with Gasteiger partial charge in [0.15, 0.2) is 0 Å². The molecule has 0 aromatic carbocycles. The van der Waals surface area contributed by atoms with E-state index >= 15 is 0 Å². The predicted molar refractivity (Wildman–Crippen MR) is 81.2 cm³/mol. The van der Waals surface area contributed by atoms with Gasteiger partial charge in [0.1, 0.15) is 0 Å². The van der Waals surface area contributed by atoms with Crippen LogP contribution in [0, 0.1) is 22.7 Å². The van der Waals surface area contributed by atoms with E-state index < -0.39 is 0 Å². The minimum atomic E-state index is 0.353. The molecule has 0 spiro atoms. The highest BCUT2D eigenvalue weighted by Crippen LogP contribution is 2.63. The van der Waals surface area contributed by atoms with Crippen molar-refractivity contribution in [3.63, 3.8) is 0 Å². The van der Waals surface area contributed by atoms with Gasteiger partial charge in [-0.2, -0.15) is 0 Å². The summed E-state index contributed by atoms with van der Waals surface area (Å²) in [5.74, 6) is 2.42. The lowest BCUT2D eigenvalue weighted by Crippen LogP contribution is -2.41. The van der Waals surface area contributed by atoms with Crippen molar-refractivity contribution in [2.45, 2.75) is 78.2 Å². The second kappa shape index (κ2) is 4.49. The van der Waals surface area contributed by atoms with Crippen molar-refractivity contribution in [3.05, 3.63) is 0 Å². The van der Waals surface area contributed by atoms with Crippen molar-refractivity contribution in [2.24, 2.45) is 33.4 Å². The fourth-order valence-electron chi connectivity index (χ4n) is 5.25. The highest BCUT2D eigenvalue weighted by Gasteiger charge is 2.59. The summed E-state index contributed by atoms with van der Waals surface area (Å²) in [4.78, 5) is 5.10. The topological polar surface area (TPSA) is 38.4 Å². The minimum Gasteiger partial charge on any atom is -0.387 e. The van der Waals surface area contributed by atoms with Crippen LogP contribution in [-0.2, 0) is 0 Å². The number of aliphatic imine (C=N–C) groups is 1. The normalized spacial score (nSPS) is 42.8. The van der Waals surface area contributed by atoms with Crippen molar-refractivity contribution < 1.29 is 0 Å². The molecule has 0 aromatic rings. The maximum atomic E-state index is 6.39.